The van der Waals surface area contributed by atoms with Gasteiger partial charge in [-0.15, -0.1) is 0 Å². The van der Waals surface area contributed by atoms with Gasteiger partial charge in [-0.2, -0.15) is 5.21 Å². The van der Waals surface area contributed by atoms with Crippen LogP contribution in [0.3, 0.4) is 0 Å². The van der Waals surface area contributed by atoms with Crippen LogP contribution < -0.4 is 0 Å². The van der Waals surface area contributed by atoms with Crippen LogP contribution in [-0.2, 0) is 4.84 Å². The molecule has 1 fully saturated rings. The molecule has 1 heterocycles. The van der Waals surface area contributed by atoms with E-state index < -0.39 is 0 Å². The molecule has 1 N–H and O–H groups in total. The van der Waals surface area contributed by atoms with Crippen molar-refractivity contribution in [2.24, 2.45) is 0 Å². The second kappa shape index (κ2) is 0.753. The van der Waals surface area contributed by atoms with Crippen molar-refractivity contribution in [3.05, 3.63) is 0 Å². The van der Waals surface area contributed by atoms with Gasteiger partial charge in [-0.05, 0) is 4.81 Å². The van der Waals surface area contributed by atoms with Crippen molar-refractivity contribution in [1.82, 2.24) is 0 Å². The lowest BCUT2D eigenvalue weighted by molar-refractivity contribution is -1.08. The first kappa shape index (κ1) is 4.05. The Kier molecular flexibility index (Phi) is 0.508. The summed E-state index contributed by atoms with van der Waals surface area (Å²) in [6, 6.07) is 0. The van der Waals surface area contributed by atoms with Crippen LogP contribution in [0.5, 0.6) is 0 Å². The lowest BCUT2D eigenvalue weighted by Gasteiger charge is -1.85. The fourth-order valence-corrected chi connectivity index (χ4v) is 0.282. The minimum Gasteiger partial charge on any atom is -0.179 e. The smallest absolute Gasteiger partial charge is 0.179 e. The molecule has 1 aliphatic rings. The van der Waals surface area contributed by atoms with Gasteiger partial charge in [0.05, 0.1) is 0 Å². The molecule has 0 bridgehead atoms. The highest BCUT2D eigenvalue weighted by atomic mass is 17.1. The van der Waals surface area contributed by atoms with Gasteiger partial charge in [0.2, 0.25) is 0 Å². The van der Waals surface area contributed by atoms with Gasteiger partial charge in [0, 0.05) is 6.92 Å². The van der Waals surface area contributed by atoms with E-state index in [0.29, 0.717) is 0 Å². The van der Waals surface area contributed by atoms with E-state index in [0.717, 1.165) is 0 Å². The molecule has 0 saturated carbocycles. The zero-order valence-corrected chi connectivity index (χ0v) is 3.88. The Morgan fingerprint density at radius 3 is 2.00 bits per heavy atom. The van der Waals surface area contributed by atoms with Crippen molar-refractivity contribution < 1.29 is 14.9 Å². The fraction of sp³-hybridized carbons (Fsp3) is 1.00. The highest BCUT2D eigenvalue weighted by Gasteiger charge is 2.51. The summed E-state index contributed by atoms with van der Waals surface area (Å²) in [6.45, 7) is 1.81. The first-order chi connectivity index (χ1) is 2.63. The molecule has 2 atom stereocenters. The van der Waals surface area contributed by atoms with E-state index in [1.165, 1.54) is 0 Å². The SMILES string of the molecule is CC1O[N+]1(C)O. The minimum atomic E-state index is -0.264. The number of hydrogen-bond acceptors (Lipinski definition) is 2. The standard InChI is InChI=1S/C3H8NO2/c1-3-4(2,5)6-3/h3,5H,1-2H3/q+1. The minimum absolute atomic E-state index is 0.00926. The van der Waals surface area contributed by atoms with Gasteiger partial charge in [-0.1, -0.05) is 4.84 Å². The monoisotopic (exact) mass is 90.1 g/mol. The third-order valence-electron chi connectivity index (χ3n) is 0.995. The lowest BCUT2D eigenvalue weighted by atomic mass is 10.7. The summed E-state index contributed by atoms with van der Waals surface area (Å²) in [5.41, 5.74) is 0. The maximum absolute atomic E-state index is 8.62. The maximum atomic E-state index is 8.62. The van der Waals surface area contributed by atoms with Crippen molar-refractivity contribution in [1.29, 1.82) is 0 Å². The van der Waals surface area contributed by atoms with Gasteiger partial charge >= 0.3 is 6.23 Å². The van der Waals surface area contributed by atoms with Gasteiger partial charge in [0.15, 0.2) is 0 Å². The van der Waals surface area contributed by atoms with E-state index in [4.69, 9.17) is 5.21 Å². The Morgan fingerprint density at radius 2 is 2.00 bits per heavy atom. The van der Waals surface area contributed by atoms with E-state index in [1.807, 2.05) is 0 Å². The average molecular weight is 90.1 g/mol. The Labute approximate surface area is 36.2 Å². The predicted molar refractivity (Wildman–Crippen MR) is 18.5 cm³/mol. The summed E-state index contributed by atoms with van der Waals surface area (Å²) >= 11 is 0. The Balaban J connectivity index is 2.41. The topological polar surface area (TPSA) is 32.8 Å². The molecule has 2 unspecified atom stereocenters. The number of rotatable bonds is 0. The molecule has 0 aromatic carbocycles. The summed E-state index contributed by atoms with van der Waals surface area (Å²) in [5.74, 6) is 0. The van der Waals surface area contributed by atoms with Crippen LogP contribution in [0.2, 0.25) is 0 Å². The van der Waals surface area contributed by atoms with Crippen molar-refractivity contribution in [2.45, 2.75) is 13.2 Å². The van der Waals surface area contributed by atoms with E-state index in [-0.39, 0.29) is 11.0 Å². The van der Waals surface area contributed by atoms with Crippen molar-refractivity contribution >= 4 is 0 Å². The molecule has 1 aliphatic heterocycles. The molecule has 1 rings (SSSR count). The number of hydrogen-bond donors (Lipinski definition) is 1. The molecule has 3 heteroatoms. The lowest BCUT2D eigenvalue weighted by Crippen LogP contribution is -2.14. The van der Waals surface area contributed by atoms with E-state index >= 15 is 0 Å². The van der Waals surface area contributed by atoms with Gasteiger partial charge in [-0.25, -0.2) is 0 Å². The third kappa shape index (κ3) is 0.408. The van der Waals surface area contributed by atoms with Gasteiger partial charge in [0.25, 0.3) is 0 Å². The summed E-state index contributed by atoms with van der Waals surface area (Å²) in [5, 5.41) is 8.62. The van der Waals surface area contributed by atoms with Gasteiger partial charge < -0.3 is 0 Å². The van der Waals surface area contributed by atoms with Crippen LogP contribution in [0, 0.1) is 0 Å². The second-order valence-corrected chi connectivity index (χ2v) is 1.65. The summed E-state index contributed by atoms with van der Waals surface area (Å²) in [4.78, 5) is 4.33. The summed E-state index contributed by atoms with van der Waals surface area (Å²) in [7, 11) is 1.59. The molecule has 0 aromatic rings. The molecule has 0 amide bonds. The molecule has 0 aromatic heterocycles. The molecule has 1 saturated heterocycles. The Hall–Kier alpha value is -0.120. The highest BCUT2D eigenvalue weighted by molar-refractivity contribution is 4.26. The van der Waals surface area contributed by atoms with E-state index in [9.17, 15) is 0 Å². The van der Waals surface area contributed by atoms with Crippen LogP contribution in [0.25, 0.3) is 0 Å². The number of quaternary nitrogens is 1. The summed E-state index contributed by atoms with van der Waals surface area (Å²) < 4.78 is 0. The van der Waals surface area contributed by atoms with E-state index in [1.54, 1.807) is 14.0 Å². The molecule has 0 spiro atoms. The fourth-order valence-electron chi connectivity index (χ4n) is 0.282. The van der Waals surface area contributed by atoms with Gasteiger partial charge in [0.1, 0.15) is 7.05 Å². The summed E-state index contributed by atoms with van der Waals surface area (Å²) in [6.07, 6.45) is -0.00926. The molecule has 36 valence electrons. The van der Waals surface area contributed by atoms with Crippen molar-refractivity contribution in [2.75, 3.05) is 7.05 Å². The number of hydroxylamine groups is 4. The zero-order valence-electron chi connectivity index (χ0n) is 3.88. The molecule has 6 heavy (non-hydrogen) atoms. The molecule has 3 nitrogen and oxygen atoms in total. The molecular formula is C3H8NO2+. The highest BCUT2D eigenvalue weighted by Crippen LogP contribution is 2.24. The van der Waals surface area contributed by atoms with Crippen molar-refractivity contribution in [3.63, 3.8) is 0 Å². The quantitative estimate of drug-likeness (QED) is 0.338. The van der Waals surface area contributed by atoms with Crippen molar-refractivity contribution in [3.8, 4) is 0 Å². The predicted octanol–water partition coefficient (Wildman–Crippen LogP) is 0.113. The normalized spacial score (nSPS) is 55.5. The average Bonchev–Trinajstić information content (AvgIpc) is 1.73. The van der Waals surface area contributed by atoms with Crippen LogP contribution in [0.1, 0.15) is 6.92 Å². The molecule has 0 radical (unpaired) electrons. The molecule has 0 aliphatic carbocycles. The van der Waals surface area contributed by atoms with Crippen LogP contribution in [0.15, 0.2) is 0 Å². The van der Waals surface area contributed by atoms with Crippen LogP contribution in [-0.4, -0.2) is 23.3 Å². The third-order valence-corrected chi connectivity index (χ3v) is 0.995. The zero-order chi connectivity index (χ0) is 4.78. The molecular weight excluding hydrogens is 82.0 g/mol. The first-order valence-corrected chi connectivity index (χ1v) is 1.90. The Bertz CT molecular complexity index is 71.2. The van der Waals surface area contributed by atoms with Crippen LogP contribution >= 0.6 is 0 Å². The first-order valence-electron chi connectivity index (χ1n) is 1.90. The second-order valence-electron chi connectivity index (χ2n) is 1.65. The van der Waals surface area contributed by atoms with Crippen LogP contribution in [0.4, 0.5) is 0 Å². The number of nitrogens with zero attached hydrogens (tertiary/aromatic N) is 1. The van der Waals surface area contributed by atoms with Gasteiger partial charge in [-0.3, -0.25) is 0 Å². The van der Waals surface area contributed by atoms with E-state index in [2.05, 4.69) is 4.84 Å². The Morgan fingerprint density at radius 1 is 1.83 bits per heavy atom. The maximum Gasteiger partial charge on any atom is 0.305 e. The largest absolute Gasteiger partial charge is 0.305 e.